The van der Waals surface area contributed by atoms with Gasteiger partial charge < -0.3 is 21.1 Å². The molecule has 1 aromatic rings. The van der Waals surface area contributed by atoms with Crippen molar-refractivity contribution in [1.29, 1.82) is 0 Å². The summed E-state index contributed by atoms with van der Waals surface area (Å²) in [6, 6.07) is 4.33. The topological polar surface area (TPSA) is 93.5 Å². The number of hydrogen-bond acceptors (Lipinski definition) is 4. The van der Waals surface area contributed by atoms with Crippen molar-refractivity contribution >= 4 is 35.6 Å². The van der Waals surface area contributed by atoms with Crippen LogP contribution in [0.2, 0.25) is 0 Å². The van der Waals surface area contributed by atoms with Crippen molar-refractivity contribution in [2.75, 3.05) is 17.7 Å². The van der Waals surface area contributed by atoms with Gasteiger partial charge in [0.25, 0.3) is 0 Å². The van der Waals surface area contributed by atoms with Gasteiger partial charge in [0.1, 0.15) is 5.75 Å². The molecule has 0 radical (unpaired) electrons. The molecule has 1 atom stereocenters. The van der Waals surface area contributed by atoms with E-state index in [0.29, 0.717) is 17.1 Å². The number of amides is 2. The SMILES string of the molecule is COc1cc(NC(C)=O)ccc1NC(=O)[C@@H](C)N.Cl. The van der Waals surface area contributed by atoms with Crippen LogP contribution in [0.15, 0.2) is 18.2 Å². The lowest BCUT2D eigenvalue weighted by Crippen LogP contribution is -2.32. The van der Waals surface area contributed by atoms with Gasteiger partial charge >= 0.3 is 0 Å². The summed E-state index contributed by atoms with van der Waals surface area (Å²) >= 11 is 0. The van der Waals surface area contributed by atoms with Gasteiger partial charge in [-0.2, -0.15) is 0 Å². The van der Waals surface area contributed by atoms with Gasteiger partial charge in [0, 0.05) is 18.7 Å². The van der Waals surface area contributed by atoms with E-state index in [1.54, 1.807) is 25.1 Å². The van der Waals surface area contributed by atoms with Crippen LogP contribution in [0, 0.1) is 0 Å². The summed E-state index contributed by atoms with van der Waals surface area (Å²) in [6.07, 6.45) is 0. The number of carbonyl (C=O) groups excluding carboxylic acids is 2. The first-order valence-corrected chi connectivity index (χ1v) is 5.46. The maximum absolute atomic E-state index is 11.5. The van der Waals surface area contributed by atoms with Crippen molar-refractivity contribution in [3.63, 3.8) is 0 Å². The quantitative estimate of drug-likeness (QED) is 0.779. The maximum atomic E-state index is 11.5. The zero-order valence-electron chi connectivity index (χ0n) is 11.0. The van der Waals surface area contributed by atoms with E-state index in [1.807, 2.05) is 0 Å². The van der Waals surface area contributed by atoms with Crippen LogP contribution in [0.3, 0.4) is 0 Å². The molecule has 2 amide bonds. The summed E-state index contributed by atoms with van der Waals surface area (Å²) in [5.74, 6) is -0.0275. The first-order valence-electron chi connectivity index (χ1n) is 5.46. The second-order valence-corrected chi connectivity index (χ2v) is 3.87. The summed E-state index contributed by atoms with van der Waals surface area (Å²) in [5.41, 5.74) is 6.56. The lowest BCUT2D eigenvalue weighted by atomic mass is 10.2. The Balaban J connectivity index is 0.00000324. The van der Waals surface area contributed by atoms with Crippen LogP contribution in [0.1, 0.15) is 13.8 Å². The number of carbonyl (C=O) groups is 2. The number of nitrogens with two attached hydrogens (primary N) is 1. The van der Waals surface area contributed by atoms with E-state index in [-0.39, 0.29) is 24.2 Å². The normalized spacial score (nSPS) is 10.9. The van der Waals surface area contributed by atoms with Crippen LogP contribution in [0.25, 0.3) is 0 Å². The van der Waals surface area contributed by atoms with E-state index in [0.717, 1.165) is 0 Å². The lowest BCUT2D eigenvalue weighted by molar-refractivity contribution is -0.117. The Bertz CT molecular complexity index is 464. The average Bonchev–Trinajstić information content (AvgIpc) is 2.30. The third kappa shape index (κ3) is 5.15. The van der Waals surface area contributed by atoms with Gasteiger partial charge in [-0.1, -0.05) is 0 Å². The van der Waals surface area contributed by atoms with Gasteiger partial charge in [-0.25, -0.2) is 0 Å². The minimum atomic E-state index is -0.607. The minimum absolute atomic E-state index is 0. The van der Waals surface area contributed by atoms with Gasteiger partial charge in [0.15, 0.2) is 0 Å². The predicted octanol–water partition coefficient (Wildman–Crippen LogP) is 1.36. The second kappa shape index (κ2) is 7.60. The van der Waals surface area contributed by atoms with E-state index in [4.69, 9.17) is 10.5 Å². The zero-order valence-corrected chi connectivity index (χ0v) is 11.8. The van der Waals surface area contributed by atoms with Crippen molar-refractivity contribution < 1.29 is 14.3 Å². The van der Waals surface area contributed by atoms with Crippen molar-refractivity contribution in [3.05, 3.63) is 18.2 Å². The van der Waals surface area contributed by atoms with Crippen molar-refractivity contribution in [2.45, 2.75) is 19.9 Å². The molecule has 19 heavy (non-hydrogen) atoms. The van der Waals surface area contributed by atoms with Crippen LogP contribution in [0.4, 0.5) is 11.4 Å². The summed E-state index contributed by atoms with van der Waals surface area (Å²) in [7, 11) is 1.48. The van der Waals surface area contributed by atoms with E-state index >= 15 is 0 Å². The number of methoxy groups -OCH3 is 1. The first kappa shape index (κ1) is 17.2. The Morgan fingerprint density at radius 1 is 1.32 bits per heavy atom. The molecule has 0 fully saturated rings. The molecule has 106 valence electrons. The average molecular weight is 288 g/mol. The Hall–Kier alpha value is -1.79. The van der Waals surface area contributed by atoms with Crippen LogP contribution in [-0.2, 0) is 9.59 Å². The maximum Gasteiger partial charge on any atom is 0.241 e. The highest BCUT2D eigenvalue weighted by molar-refractivity contribution is 5.96. The van der Waals surface area contributed by atoms with Crippen molar-refractivity contribution in [1.82, 2.24) is 0 Å². The third-order valence-corrected chi connectivity index (χ3v) is 2.19. The van der Waals surface area contributed by atoms with Gasteiger partial charge in [-0.3, -0.25) is 9.59 Å². The Kier molecular flexibility index (Phi) is 6.89. The number of hydrogen-bond donors (Lipinski definition) is 3. The number of halogens is 1. The lowest BCUT2D eigenvalue weighted by Gasteiger charge is -2.13. The molecule has 1 aromatic carbocycles. The number of benzene rings is 1. The molecule has 0 saturated heterocycles. The third-order valence-electron chi connectivity index (χ3n) is 2.19. The summed E-state index contributed by atoms with van der Waals surface area (Å²) < 4.78 is 5.14. The van der Waals surface area contributed by atoms with E-state index in [2.05, 4.69) is 10.6 Å². The summed E-state index contributed by atoms with van der Waals surface area (Å²) in [5, 5.41) is 5.27. The minimum Gasteiger partial charge on any atom is -0.494 e. The molecule has 0 saturated carbocycles. The Labute approximate surface area is 118 Å². The molecular formula is C12H18ClN3O3. The van der Waals surface area contributed by atoms with Crippen LogP contribution < -0.4 is 21.1 Å². The number of rotatable bonds is 4. The standard InChI is InChI=1S/C12H17N3O3.ClH/c1-7(13)12(17)15-10-5-4-9(14-8(2)16)6-11(10)18-3;/h4-7H,13H2,1-3H3,(H,14,16)(H,15,17);1H/t7-;/m1./s1. The van der Waals surface area contributed by atoms with Gasteiger partial charge in [-0.15, -0.1) is 12.4 Å². The zero-order chi connectivity index (χ0) is 13.7. The van der Waals surface area contributed by atoms with Crippen molar-refractivity contribution in [3.8, 4) is 5.75 Å². The van der Waals surface area contributed by atoms with Gasteiger partial charge in [0.05, 0.1) is 18.8 Å². The van der Waals surface area contributed by atoms with Gasteiger partial charge in [0.2, 0.25) is 11.8 Å². The van der Waals surface area contributed by atoms with E-state index < -0.39 is 6.04 Å². The molecule has 6 nitrogen and oxygen atoms in total. The number of anilines is 2. The molecule has 0 aromatic heterocycles. The fraction of sp³-hybridized carbons (Fsp3) is 0.333. The van der Waals surface area contributed by atoms with Crippen LogP contribution in [-0.4, -0.2) is 25.0 Å². The molecule has 0 bridgehead atoms. The number of nitrogens with one attached hydrogen (secondary N) is 2. The van der Waals surface area contributed by atoms with Crippen LogP contribution >= 0.6 is 12.4 Å². The first-order chi connectivity index (χ1) is 8.43. The predicted molar refractivity (Wildman–Crippen MR) is 76.8 cm³/mol. The highest BCUT2D eigenvalue weighted by Crippen LogP contribution is 2.27. The van der Waals surface area contributed by atoms with Crippen molar-refractivity contribution in [2.24, 2.45) is 5.73 Å². The molecule has 0 aliphatic carbocycles. The monoisotopic (exact) mass is 287 g/mol. The smallest absolute Gasteiger partial charge is 0.241 e. The van der Waals surface area contributed by atoms with E-state index in [1.165, 1.54) is 14.0 Å². The Morgan fingerprint density at radius 3 is 2.42 bits per heavy atom. The second-order valence-electron chi connectivity index (χ2n) is 3.87. The fourth-order valence-electron chi connectivity index (χ4n) is 1.32. The van der Waals surface area contributed by atoms with Gasteiger partial charge in [-0.05, 0) is 19.1 Å². The fourth-order valence-corrected chi connectivity index (χ4v) is 1.32. The Morgan fingerprint density at radius 2 is 1.95 bits per heavy atom. The molecule has 7 heteroatoms. The molecular weight excluding hydrogens is 270 g/mol. The molecule has 0 heterocycles. The summed E-state index contributed by atoms with van der Waals surface area (Å²) in [4.78, 5) is 22.4. The largest absolute Gasteiger partial charge is 0.494 e. The highest BCUT2D eigenvalue weighted by Gasteiger charge is 2.11. The van der Waals surface area contributed by atoms with Crippen LogP contribution in [0.5, 0.6) is 5.75 Å². The summed E-state index contributed by atoms with van der Waals surface area (Å²) in [6.45, 7) is 3.01. The molecule has 0 unspecified atom stereocenters. The molecule has 0 aliphatic rings. The van der Waals surface area contributed by atoms with E-state index in [9.17, 15) is 9.59 Å². The molecule has 4 N–H and O–H groups in total. The molecule has 1 rings (SSSR count). The number of ether oxygens (including phenoxy) is 1. The molecule has 0 spiro atoms. The molecule has 0 aliphatic heterocycles. The highest BCUT2D eigenvalue weighted by atomic mass is 35.5.